The molecule has 4 atom stereocenters. The second-order valence-corrected chi connectivity index (χ2v) is 12.4. The number of nitrogens with one attached hydrogen (secondary N) is 1. The molecule has 2 N–H and O–H groups in total. The molecule has 0 amide bonds. The number of aliphatic hydroxyl groups is 1. The van der Waals surface area contributed by atoms with Gasteiger partial charge in [-0.2, -0.15) is 0 Å². The minimum Gasteiger partial charge on any atom is -0.453 e. The molecule has 3 aromatic carbocycles. The van der Waals surface area contributed by atoms with Crippen LogP contribution in [0.2, 0.25) is 0 Å². The summed E-state index contributed by atoms with van der Waals surface area (Å²) < 4.78 is 70.1. The summed E-state index contributed by atoms with van der Waals surface area (Å²) in [4.78, 5) is 2.35. The van der Waals surface area contributed by atoms with Crippen LogP contribution in [0.3, 0.4) is 0 Å². The van der Waals surface area contributed by atoms with Crippen molar-refractivity contribution in [2.24, 2.45) is 10.3 Å². The van der Waals surface area contributed by atoms with Gasteiger partial charge < -0.3 is 19.5 Å². The molecule has 2 saturated carbocycles. The Bertz CT molecular complexity index is 1440. The number of halogens is 3. The van der Waals surface area contributed by atoms with E-state index in [1.165, 1.54) is 12.1 Å². The smallest absolute Gasteiger partial charge is 0.453 e. The van der Waals surface area contributed by atoms with Crippen molar-refractivity contribution >= 4 is 21.3 Å². The van der Waals surface area contributed by atoms with Crippen molar-refractivity contribution in [2.45, 2.75) is 61.5 Å². The number of aliphatic hydroxyl groups excluding tert-OH is 1. The number of hydrogen-bond acceptors (Lipinski definition) is 6. The van der Waals surface area contributed by atoms with Crippen LogP contribution in [0.4, 0.5) is 24.5 Å². The van der Waals surface area contributed by atoms with E-state index in [-0.39, 0.29) is 10.9 Å². The molecule has 2 aliphatic carbocycles. The Hall–Kier alpha value is -3.28. The zero-order chi connectivity index (χ0) is 27.9. The molecule has 0 radical (unpaired) electrons. The molecule has 0 bridgehead atoms. The summed E-state index contributed by atoms with van der Waals surface area (Å²) in [7, 11) is -3.26. The molecule has 0 aromatic heterocycles. The van der Waals surface area contributed by atoms with E-state index in [9.17, 15) is 22.5 Å². The van der Waals surface area contributed by atoms with Crippen molar-refractivity contribution in [3.8, 4) is 17.2 Å². The summed E-state index contributed by atoms with van der Waals surface area (Å²) in [5.41, 5.74) is 1.68. The van der Waals surface area contributed by atoms with Crippen LogP contribution >= 0.6 is 0 Å². The number of para-hydroxylation sites is 4. The highest BCUT2D eigenvalue weighted by Crippen LogP contribution is 2.49. The number of anilines is 2. The van der Waals surface area contributed by atoms with Crippen LogP contribution in [-0.2, 0) is 9.92 Å². The first kappa shape index (κ1) is 26.9. The average Bonchev–Trinajstić information content (AvgIpc) is 3.76. The number of fused-ring (bicyclic) bond motifs is 2. The summed E-state index contributed by atoms with van der Waals surface area (Å²) >= 11 is 0. The highest BCUT2D eigenvalue weighted by molar-refractivity contribution is 7.91. The first-order chi connectivity index (χ1) is 19.2. The fourth-order valence-corrected chi connectivity index (χ4v) is 7.33. The van der Waals surface area contributed by atoms with Gasteiger partial charge in [0, 0.05) is 6.04 Å². The van der Waals surface area contributed by atoms with Gasteiger partial charge in [0.15, 0.2) is 11.5 Å². The van der Waals surface area contributed by atoms with Crippen LogP contribution in [0.1, 0.15) is 32.1 Å². The summed E-state index contributed by atoms with van der Waals surface area (Å²) in [6.45, 7) is 0.378. The van der Waals surface area contributed by atoms with E-state index in [1.54, 1.807) is 0 Å². The zero-order valence-corrected chi connectivity index (χ0v) is 22.4. The molecule has 3 aromatic rings. The van der Waals surface area contributed by atoms with Gasteiger partial charge >= 0.3 is 6.36 Å². The van der Waals surface area contributed by atoms with E-state index in [4.69, 9.17) is 4.74 Å². The molecule has 2 fully saturated rings. The second kappa shape index (κ2) is 10.6. The van der Waals surface area contributed by atoms with Gasteiger partial charge in [0.05, 0.1) is 35.0 Å². The maximum Gasteiger partial charge on any atom is 0.573 e. The maximum absolute atomic E-state index is 14.3. The van der Waals surface area contributed by atoms with Crippen LogP contribution in [0.5, 0.6) is 17.2 Å². The molecule has 0 saturated heterocycles. The second-order valence-electron chi connectivity index (χ2n) is 10.4. The molecule has 1 heterocycles. The minimum absolute atomic E-state index is 0.249. The third-order valence-corrected chi connectivity index (χ3v) is 9.57. The normalized spacial score (nSPS) is 23.8. The fourth-order valence-electron chi connectivity index (χ4n) is 5.38. The highest BCUT2D eigenvalue weighted by Gasteiger charge is 2.41. The Morgan fingerprint density at radius 1 is 0.950 bits per heavy atom. The molecule has 40 heavy (non-hydrogen) atoms. The maximum atomic E-state index is 14.3. The standard InChI is InChI=1S/C29H30F3N3O4S/c30-29(31,32)39-20-14-16-21(17-15-20)40(37,33-18-19-12-13-19)34-22-6-5-9-25(28(22)36)35-23-7-1-3-10-26(23)38-27-11-4-2-8-24(27)35/h1-4,7-8,10-11,14-17,19,22,25,28,36H,5-6,9,12-13,18H2,(H,33,34,37)/t22-,25-,28+,40?/m0/s1. The van der Waals surface area contributed by atoms with Crippen LogP contribution in [0.25, 0.3) is 0 Å². The lowest BCUT2D eigenvalue weighted by Crippen LogP contribution is -2.56. The Labute approximate surface area is 231 Å². The van der Waals surface area contributed by atoms with E-state index in [0.717, 1.165) is 42.8 Å². The zero-order valence-electron chi connectivity index (χ0n) is 21.6. The lowest BCUT2D eigenvalue weighted by molar-refractivity contribution is -0.274. The number of benzene rings is 3. The third-order valence-electron chi connectivity index (χ3n) is 7.52. The van der Waals surface area contributed by atoms with Gasteiger partial charge in [-0.25, -0.2) is 13.3 Å². The van der Waals surface area contributed by atoms with Gasteiger partial charge in [0.25, 0.3) is 0 Å². The van der Waals surface area contributed by atoms with E-state index in [0.29, 0.717) is 36.8 Å². The van der Waals surface area contributed by atoms with Crippen molar-refractivity contribution < 1.29 is 32.0 Å². The third kappa shape index (κ3) is 5.63. The topological polar surface area (TPSA) is 83.4 Å². The SMILES string of the molecule is O=S(=NCC1CC1)(N[C@H]1CCC[C@H](N2c3ccccc3Oc3ccccc32)[C@@H]1O)c1ccc(OC(F)(F)F)cc1. The first-order valence-electron chi connectivity index (χ1n) is 13.4. The van der Waals surface area contributed by atoms with E-state index >= 15 is 0 Å². The van der Waals surface area contributed by atoms with E-state index in [1.807, 2.05) is 48.5 Å². The highest BCUT2D eigenvalue weighted by atomic mass is 32.2. The molecule has 6 rings (SSSR count). The van der Waals surface area contributed by atoms with Gasteiger partial charge in [-0.15, -0.1) is 13.2 Å². The van der Waals surface area contributed by atoms with Crippen molar-refractivity contribution in [1.29, 1.82) is 0 Å². The fraction of sp³-hybridized carbons (Fsp3) is 0.379. The van der Waals surface area contributed by atoms with E-state index < -0.39 is 34.2 Å². The predicted octanol–water partition coefficient (Wildman–Crippen LogP) is 6.55. The quantitative estimate of drug-likeness (QED) is 0.335. The summed E-state index contributed by atoms with van der Waals surface area (Å²) in [6.07, 6.45) is -1.71. The number of ether oxygens (including phenoxy) is 2. The molecule has 3 aliphatic rings. The monoisotopic (exact) mass is 573 g/mol. The Kier molecular flexibility index (Phi) is 7.14. The van der Waals surface area contributed by atoms with Crippen molar-refractivity contribution in [3.05, 3.63) is 72.8 Å². The molecule has 7 nitrogen and oxygen atoms in total. The number of nitrogens with zero attached hydrogens (tertiary/aromatic N) is 2. The summed E-state index contributed by atoms with van der Waals surface area (Å²) in [5.74, 6) is 1.32. The van der Waals surface area contributed by atoms with Gasteiger partial charge in [-0.05, 0) is 86.6 Å². The largest absolute Gasteiger partial charge is 0.573 e. The first-order valence-corrected chi connectivity index (χ1v) is 14.9. The average molecular weight is 574 g/mol. The van der Waals surface area contributed by atoms with Crippen LogP contribution in [-0.4, -0.2) is 40.4 Å². The Morgan fingerprint density at radius 3 is 2.17 bits per heavy atom. The Morgan fingerprint density at radius 2 is 1.57 bits per heavy atom. The molecule has 0 spiro atoms. The van der Waals surface area contributed by atoms with Gasteiger partial charge in [-0.3, -0.25) is 0 Å². The van der Waals surface area contributed by atoms with Gasteiger partial charge in [0.2, 0.25) is 0 Å². The molecule has 212 valence electrons. The van der Waals surface area contributed by atoms with E-state index in [2.05, 4.69) is 18.7 Å². The van der Waals surface area contributed by atoms with Gasteiger partial charge in [-0.1, -0.05) is 24.3 Å². The lowest BCUT2D eigenvalue weighted by atomic mass is 9.86. The summed E-state index contributed by atoms with van der Waals surface area (Å²) in [5, 5.41) is 11.7. The van der Waals surface area contributed by atoms with Crippen molar-refractivity contribution in [2.75, 3.05) is 11.4 Å². The van der Waals surface area contributed by atoms with Crippen molar-refractivity contribution in [1.82, 2.24) is 4.72 Å². The molecular formula is C29H30F3N3O4S. The number of hydrogen-bond donors (Lipinski definition) is 2. The molecule has 11 heteroatoms. The Balaban J connectivity index is 1.30. The molecule has 1 aliphatic heterocycles. The van der Waals surface area contributed by atoms with Crippen LogP contribution in [0.15, 0.2) is 82.1 Å². The summed E-state index contributed by atoms with van der Waals surface area (Å²) in [6, 6.07) is 19.4. The van der Waals surface area contributed by atoms with Gasteiger partial charge in [0.1, 0.15) is 15.7 Å². The minimum atomic E-state index is -4.82. The number of rotatable bonds is 7. The molecular weight excluding hydrogens is 543 g/mol. The number of alkyl halides is 3. The van der Waals surface area contributed by atoms with Crippen LogP contribution < -0.4 is 19.1 Å². The van der Waals surface area contributed by atoms with Crippen molar-refractivity contribution in [3.63, 3.8) is 0 Å². The lowest BCUT2D eigenvalue weighted by Gasteiger charge is -2.45. The molecule has 1 unspecified atom stereocenters. The van der Waals surface area contributed by atoms with Crippen LogP contribution in [0, 0.1) is 5.92 Å². The predicted molar refractivity (Wildman–Crippen MR) is 145 cm³/mol.